The van der Waals surface area contributed by atoms with Crippen molar-refractivity contribution in [3.05, 3.63) is 10.7 Å². The number of rotatable bonds is 5. The van der Waals surface area contributed by atoms with Gasteiger partial charge in [-0.15, -0.1) is 0 Å². The van der Waals surface area contributed by atoms with Gasteiger partial charge in [-0.3, -0.25) is 4.90 Å². The van der Waals surface area contributed by atoms with Gasteiger partial charge in [0.25, 0.3) is 0 Å². The smallest absolute Gasteiger partial charge is 0.232 e. The van der Waals surface area contributed by atoms with Crippen LogP contribution in [-0.2, 0) is 0 Å². The first-order valence-corrected chi connectivity index (χ1v) is 7.14. The topological polar surface area (TPSA) is 50.3 Å². The first-order chi connectivity index (χ1) is 8.79. The zero-order valence-corrected chi connectivity index (χ0v) is 12.2. The lowest BCUT2D eigenvalue weighted by atomic mass is 10.1. The fourth-order valence-electron chi connectivity index (χ4n) is 2.03. The van der Waals surface area contributed by atoms with Crippen LogP contribution in [0.3, 0.4) is 0 Å². The molecule has 100 valence electrons. The van der Waals surface area contributed by atoms with E-state index in [0.29, 0.717) is 18.4 Å². The Labute approximate surface area is 116 Å². The quantitative estimate of drug-likeness (QED) is 0.902. The molecule has 1 N–H and O–H groups in total. The van der Waals surface area contributed by atoms with Crippen molar-refractivity contribution < 1.29 is 4.74 Å². The van der Waals surface area contributed by atoms with Gasteiger partial charge in [0.05, 0.1) is 10.7 Å². The summed E-state index contributed by atoms with van der Waals surface area (Å²) in [5.41, 5.74) is 0. The highest BCUT2D eigenvalue weighted by Gasteiger charge is 2.11. The lowest BCUT2D eigenvalue weighted by molar-refractivity contribution is 0.180. The van der Waals surface area contributed by atoms with Crippen LogP contribution in [0.25, 0.3) is 0 Å². The molecule has 0 atom stereocenters. The Hall–Kier alpha value is -0.880. The van der Waals surface area contributed by atoms with Gasteiger partial charge in [-0.25, -0.2) is 4.98 Å². The summed E-state index contributed by atoms with van der Waals surface area (Å²) in [6, 6.07) is 0. The Morgan fingerprint density at radius 3 is 2.89 bits per heavy atom. The Bertz CT molecular complexity index is 382. The Kier molecular flexibility index (Phi) is 5.19. The summed E-state index contributed by atoms with van der Waals surface area (Å²) in [6.45, 7) is 4.01. The fourth-order valence-corrected chi connectivity index (χ4v) is 2.33. The molecule has 0 bridgehead atoms. The molecule has 0 aromatic carbocycles. The van der Waals surface area contributed by atoms with E-state index in [1.54, 1.807) is 13.2 Å². The highest BCUT2D eigenvalue weighted by Crippen LogP contribution is 2.22. The third-order valence-corrected chi connectivity index (χ3v) is 3.57. The SMILES string of the molecule is CNc1ncc(Br)c(OCCN2CCCCC2)n1. The van der Waals surface area contributed by atoms with Crippen molar-refractivity contribution in [1.29, 1.82) is 0 Å². The van der Waals surface area contributed by atoms with Crippen LogP contribution in [0.1, 0.15) is 19.3 Å². The van der Waals surface area contributed by atoms with Crippen LogP contribution in [0.15, 0.2) is 10.7 Å². The number of hydrogen-bond donors (Lipinski definition) is 1. The summed E-state index contributed by atoms with van der Waals surface area (Å²) in [5.74, 6) is 1.18. The van der Waals surface area contributed by atoms with Crippen LogP contribution in [0.2, 0.25) is 0 Å². The van der Waals surface area contributed by atoms with Crippen molar-refractivity contribution in [1.82, 2.24) is 14.9 Å². The van der Waals surface area contributed by atoms with E-state index in [-0.39, 0.29) is 0 Å². The average molecular weight is 315 g/mol. The van der Waals surface area contributed by atoms with Crippen molar-refractivity contribution >= 4 is 21.9 Å². The number of nitrogens with zero attached hydrogens (tertiary/aromatic N) is 3. The molecule has 18 heavy (non-hydrogen) atoms. The molecule has 1 aliphatic heterocycles. The van der Waals surface area contributed by atoms with E-state index in [1.165, 1.54) is 32.4 Å². The highest BCUT2D eigenvalue weighted by atomic mass is 79.9. The zero-order valence-electron chi connectivity index (χ0n) is 10.7. The largest absolute Gasteiger partial charge is 0.475 e. The van der Waals surface area contributed by atoms with Gasteiger partial charge in [-0.2, -0.15) is 4.98 Å². The van der Waals surface area contributed by atoms with Gasteiger partial charge >= 0.3 is 0 Å². The Morgan fingerprint density at radius 2 is 2.17 bits per heavy atom. The summed E-state index contributed by atoms with van der Waals surface area (Å²) < 4.78 is 6.49. The maximum absolute atomic E-state index is 5.70. The molecule has 1 aliphatic rings. The van der Waals surface area contributed by atoms with Crippen LogP contribution in [0.5, 0.6) is 5.88 Å². The molecule has 5 nitrogen and oxygen atoms in total. The van der Waals surface area contributed by atoms with Crippen molar-refractivity contribution in [3.8, 4) is 5.88 Å². The number of hydrogen-bond acceptors (Lipinski definition) is 5. The molecule has 0 unspecified atom stereocenters. The van der Waals surface area contributed by atoms with E-state index < -0.39 is 0 Å². The van der Waals surface area contributed by atoms with Crippen molar-refractivity contribution in [2.24, 2.45) is 0 Å². The minimum absolute atomic E-state index is 0.575. The molecule has 0 saturated carbocycles. The molecular formula is C12H19BrN4O. The van der Waals surface area contributed by atoms with Crippen LogP contribution >= 0.6 is 15.9 Å². The molecule has 2 rings (SSSR count). The summed E-state index contributed by atoms with van der Waals surface area (Å²) in [5, 5.41) is 2.90. The molecule has 2 heterocycles. The second kappa shape index (κ2) is 6.89. The van der Waals surface area contributed by atoms with Gasteiger partial charge in [0.2, 0.25) is 11.8 Å². The van der Waals surface area contributed by atoms with Crippen LogP contribution in [0, 0.1) is 0 Å². The third kappa shape index (κ3) is 3.81. The van der Waals surface area contributed by atoms with E-state index in [2.05, 4.69) is 36.1 Å². The van der Waals surface area contributed by atoms with Gasteiger partial charge in [-0.1, -0.05) is 6.42 Å². The molecule has 1 fully saturated rings. The van der Waals surface area contributed by atoms with Gasteiger partial charge in [-0.05, 0) is 41.9 Å². The van der Waals surface area contributed by atoms with Crippen molar-refractivity contribution in [3.63, 3.8) is 0 Å². The monoisotopic (exact) mass is 314 g/mol. The van der Waals surface area contributed by atoms with Gasteiger partial charge in [0.15, 0.2) is 0 Å². The maximum atomic E-state index is 5.70. The van der Waals surface area contributed by atoms with E-state index in [1.807, 2.05) is 0 Å². The maximum Gasteiger partial charge on any atom is 0.232 e. The van der Waals surface area contributed by atoms with E-state index in [4.69, 9.17) is 4.74 Å². The summed E-state index contributed by atoms with van der Waals surface area (Å²) in [4.78, 5) is 10.8. The average Bonchev–Trinajstić information content (AvgIpc) is 2.42. The van der Waals surface area contributed by atoms with Crippen molar-refractivity contribution in [2.45, 2.75) is 19.3 Å². The molecule has 1 aromatic heterocycles. The fraction of sp³-hybridized carbons (Fsp3) is 0.667. The zero-order chi connectivity index (χ0) is 12.8. The number of anilines is 1. The lowest BCUT2D eigenvalue weighted by Crippen LogP contribution is -2.33. The normalized spacial score (nSPS) is 16.6. The first kappa shape index (κ1) is 13.5. The van der Waals surface area contributed by atoms with Crippen LogP contribution in [-0.4, -0.2) is 48.2 Å². The summed E-state index contributed by atoms with van der Waals surface area (Å²) >= 11 is 3.39. The standard InChI is InChI=1S/C12H19BrN4O/c1-14-12-15-9-10(13)11(16-12)18-8-7-17-5-3-2-4-6-17/h9H,2-8H2,1H3,(H,14,15,16). The number of nitrogens with one attached hydrogen (secondary N) is 1. The summed E-state index contributed by atoms with van der Waals surface area (Å²) in [6.07, 6.45) is 5.68. The minimum atomic E-state index is 0.575. The second-order valence-electron chi connectivity index (χ2n) is 4.35. The number of aromatic nitrogens is 2. The minimum Gasteiger partial charge on any atom is -0.475 e. The number of likely N-dealkylation sites (tertiary alicyclic amines) is 1. The third-order valence-electron chi connectivity index (χ3n) is 3.03. The van der Waals surface area contributed by atoms with Crippen LogP contribution in [0.4, 0.5) is 5.95 Å². The predicted molar refractivity (Wildman–Crippen MR) is 75.1 cm³/mol. The molecule has 1 aromatic rings. The van der Waals surface area contributed by atoms with E-state index in [9.17, 15) is 0 Å². The first-order valence-electron chi connectivity index (χ1n) is 6.35. The van der Waals surface area contributed by atoms with Gasteiger partial charge in [0.1, 0.15) is 6.61 Å². The number of piperidine rings is 1. The molecule has 0 aliphatic carbocycles. The molecule has 0 radical (unpaired) electrons. The highest BCUT2D eigenvalue weighted by molar-refractivity contribution is 9.10. The number of ether oxygens (including phenoxy) is 1. The second-order valence-corrected chi connectivity index (χ2v) is 5.20. The van der Waals surface area contributed by atoms with E-state index >= 15 is 0 Å². The Balaban J connectivity index is 1.81. The van der Waals surface area contributed by atoms with E-state index in [0.717, 1.165) is 11.0 Å². The van der Waals surface area contributed by atoms with Crippen molar-refractivity contribution in [2.75, 3.05) is 38.6 Å². The van der Waals surface area contributed by atoms with Gasteiger partial charge in [0, 0.05) is 13.6 Å². The molecule has 0 amide bonds. The number of halogens is 1. The molecule has 0 spiro atoms. The summed E-state index contributed by atoms with van der Waals surface area (Å²) in [7, 11) is 1.79. The molecule has 1 saturated heterocycles. The molecular weight excluding hydrogens is 296 g/mol. The predicted octanol–water partition coefficient (Wildman–Crippen LogP) is 2.15. The van der Waals surface area contributed by atoms with Crippen LogP contribution < -0.4 is 10.1 Å². The molecule has 6 heteroatoms. The lowest BCUT2D eigenvalue weighted by Gasteiger charge is -2.26. The van der Waals surface area contributed by atoms with Gasteiger partial charge < -0.3 is 10.1 Å². The Morgan fingerprint density at radius 1 is 1.39 bits per heavy atom.